The summed E-state index contributed by atoms with van der Waals surface area (Å²) in [4.78, 5) is 12.6. The van der Waals surface area contributed by atoms with Crippen LogP contribution in [0.3, 0.4) is 0 Å². The van der Waals surface area contributed by atoms with E-state index in [9.17, 15) is 10.1 Å². The van der Waals surface area contributed by atoms with E-state index in [0.29, 0.717) is 32.7 Å². The molecule has 0 bridgehead atoms. The van der Waals surface area contributed by atoms with Crippen molar-refractivity contribution >= 4 is 35.2 Å². The SMILES string of the molecule is Cc1cc(C)n(C(=O)/C(C#N)=C/c2cccc(OCc3ccc(Cl)cc3Cl)c2)n1. The molecule has 3 rings (SSSR count). The number of hydrogen-bond donors (Lipinski definition) is 0. The number of allylic oxidation sites excluding steroid dienone is 1. The van der Waals surface area contributed by atoms with E-state index in [-0.39, 0.29) is 12.2 Å². The minimum absolute atomic E-state index is 0.0194. The fraction of sp³-hybridized carbons (Fsp3) is 0.136. The third-order valence-electron chi connectivity index (χ3n) is 4.13. The van der Waals surface area contributed by atoms with E-state index in [4.69, 9.17) is 27.9 Å². The van der Waals surface area contributed by atoms with Crippen molar-refractivity contribution in [1.29, 1.82) is 5.26 Å². The molecule has 0 aliphatic carbocycles. The summed E-state index contributed by atoms with van der Waals surface area (Å²) in [5, 5.41) is 14.7. The summed E-state index contributed by atoms with van der Waals surface area (Å²) in [7, 11) is 0. The van der Waals surface area contributed by atoms with Gasteiger partial charge < -0.3 is 4.74 Å². The Bertz CT molecular complexity index is 1140. The Hall–Kier alpha value is -3.07. The van der Waals surface area contributed by atoms with Gasteiger partial charge in [-0.1, -0.05) is 41.4 Å². The number of nitriles is 1. The maximum atomic E-state index is 12.6. The van der Waals surface area contributed by atoms with Crippen LogP contribution in [0.1, 0.15) is 27.3 Å². The number of aryl methyl sites for hydroxylation is 2. The van der Waals surface area contributed by atoms with Gasteiger partial charge in [0.25, 0.3) is 5.91 Å². The molecule has 7 heteroatoms. The fourth-order valence-corrected chi connectivity index (χ4v) is 3.21. The Kier molecular flexibility index (Phi) is 6.38. The van der Waals surface area contributed by atoms with Crippen LogP contribution >= 0.6 is 23.2 Å². The zero-order valence-corrected chi connectivity index (χ0v) is 17.3. The van der Waals surface area contributed by atoms with Gasteiger partial charge >= 0.3 is 0 Å². The Morgan fingerprint density at radius 1 is 1.21 bits per heavy atom. The second-order valence-electron chi connectivity index (χ2n) is 6.41. The lowest BCUT2D eigenvalue weighted by atomic mass is 10.1. The highest BCUT2D eigenvalue weighted by Crippen LogP contribution is 2.23. The molecular weight excluding hydrogens is 409 g/mol. The van der Waals surface area contributed by atoms with Crippen LogP contribution in [-0.4, -0.2) is 15.7 Å². The molecule has 0 spiro atoms. The summed E-state index contributed by atoms with van der Waals surface area (Å²) in [6, 6.07) is 16.0. The van der Waals surface area contributed by atoms with Gasteiger partial charge in [-0.25, -0.2) is 4.68 Å². The van der Waals surface area contributed by atoms with Crippen molar-refractivity contribution in [3.05, 3.63) is 86.7 Å². The molecule has 0 unspecified atom stereocenters. The Labute approximate surface area is 178 Å². The van der Waals surface area contributed by atoms with Gasteiger partial charge in [-0.3, -0.25) is 4.79 Å². The minimum atomic E-state index is -0.475. The highest BCUT2D eigenvalue weighted by Gasteiger charge is 2.15. The molecule has 5 nitrogen and oxygen atoms in total. The van der Waals surface area contributed by atoms with Crippen LogP contribution in [0.25, 0.3) is 6.08 Å². The molecule has 29 heavy (non-hydrogen) atoms. The highest BCUT2D eigenvalue weighted by atomic mass is 35.5. The van der Waals surface area contributed by atoms with Gasteiger partial charge in [0, 0.05) is 21.3 Å². The number of benzene rings is 2. The summed E-state index contributed by atoms with van der Waals surface area (Å²) >= 11 is 12.1. The first kappa shape index (κ1) is 20.7. The van der Waals surface area contributed by atoms with E-state index in [1.54, 1.807) is 62.4 Å². The number of rotatable bonds is 5. The number of halogens is 2. The van der Waals surface area contributed by atoms with Gasteiger partial charge in [-0.2, -0.15) is 10.4 Å². The number of hydrogen-bond acceptors (Lipinski definition) is 4. The van der Waals surface area contributed by atoms with E-state index >= 15 is 0 Å². The predicted molar refractivity (Wildman–Crippen MR) is 113 cm³/mol. The molecule has 0 atom stereocenters. The van der Waals surface area contributed by atoms with Crippen molar-refractivity contribution in [1.82, 2.24) is 9.78 Å². The largest absolute Gasteiger partial charge is 0.489 e. The number of carbonyl (C=O) groups is 1. The smallest absolute Gasteiger partial charge is 0.289 e. The summed E-state index contributed by atoms with van der Waals surface area (Å²) in [5.74, 6) is 0.109. The molecule has 0 aliphatic heterocycles. The summed E-state index contributed by atoms with van der Waals surface area (Å²) in [6.45, 7) is 3.82. The maximum Gasteiger partial charge on any atom is 0.289 e. The van der Waals surface area contributed by atoms with Gasteiger partial charge in [0.15, 0.2) is 0 Å². The van der Waals surface area contributed by atoms with Crippen LogP contribution in [0.2, 0.25) is 10.0 Å². The highest BCUT2D eigenvalue weighted by molar-refractivity contribution is 6.35. The van der Waals surface area contributed by atoms with Crippen molar-refractivity contribution in [2.75, 3.05) is 0 Å². The Morgan fingerprint density at radius 3 is 2.66 bits per heavy atom. The van der Waals surface area contributed by atoms with E-state index in [0.717, 1.165) is 5.56 Å². The first-order valence-corrected chi connectivity index (χ1v) is 9.49. The molecule has 0 amide bonds. The second-order valence-corrected chi connectivity index (χ2v) is 7.25. The van der Waals surface area contributed by atoms with Crippen molar-refractivity contribution in [3.8, 4) is 11.8 Å². The molecule has 0 saturated heterocycles. The summed E-state index contributed by atoms with van der Waals surface area (Å²) in [6.07, 6.45) is 1.51. The lowest BCUT2D eigenvalue weighted by Gasteiger charge is -2.09. The van der Waals surface area contributed by atoms with Crippen molar-refractivity contribution < 1.29 is 9.53 Å². The molecule has 0 fully saturated rings. The fourth-order valence-electron chi connectivity index (χ4n) is 2.75. The van der Waals surface area contributed by atoms with Crippen LogP contribution < -0.4 is 4.74 Å². The third-order valence-corrected chi connectivity index (χ3v) is 4.72. The number of ether oxygens (including phenoxy) is 1. The van der Waals surface area contributed by atoms with E-state index in [1.807, 2.05) is 6.07 Å². The van der Waals surface area contributed by atoms with Crippen molar-refractivity contribution in [2.24, 2.45) is 0 Å². The molecule has 146 valence electrons. The van der Waals surface area contributed by atoms with Gasteiger partial charge in [0.05, 0.1) is 5.69 Å². The van der Waals surface area contributed by atoms with Crippen LogP contribution in [0.5, 0.6) is 5.75 Å². The zero-order chi connectivity index (χ0) is 21.0. The molecule has 3 aromatic rings. The standard InChI is InChI=1S/C22H17Cl2N3O2/c1-14-8-15(2)27(26-14)22(28)18(12-25)9-16-4-3-5-20(10-16)29-13-17-6-7-19(23)11-21(17)24/h3-11H,13H2,1-2H3/b18-9+. The predicted octanol–water partition coefficient (Wildman–Crippen LogP) is 5.63. The van der Waals surface area contributed by atoms with Crippen LogP contribution in [0.15, 0.2) is 54.1 Å². The number of nitrogens with zero attached hydrogens (tertiary/aromatic N) is 3. The summed E-state index contributed by atoms with van der Waals surface area (Å²) < 4.78 is 7.02. The van der Waals surface area contributed by atoms with Crippen LogP contribution in [-0.2, 0) is 6.61 Å². The molecule has 1 aromatic heterocycles. The second kappa shape index (κ2) is 8.95. The van der Waals surface area contributed by atoms with Gasteiger partial charge in [0.1, 0.15) is 24.0 Å². The molecule has 0 radical (unpaired) electrons. The average Bonchev–Trinajstić information content (AvgIpc) is 3.03. The molecular formula is C22H17Cl2N3O2. The molecule has 1 heterocycles. The normalized spacial score (nSPS) is 11.2. The maximum absolute atomic E-state index is 12.6. The Morgan fingerprint density at radius 2 is 2.00 bits per heavy atom. The third kappa shape index (κ3) is 5.05. The van der Waals surface area contributed by atoms with Crippen LogP contribution in [0, 0.1) is 25.2 Å². The van der Waals surface area contributed by atoms with Crippen molar-refractivity contribution in [3.63, 3.8) is 0 Å². The summed E-state index contributed by atoms with van der Waals surface area (Å²) in [5.41, 5.74) is 2.83. The first-order chi connectivity index (χ1) is 13.9. The van der Waals surface area contributed by atoms with Gasteiger partial charge in [-0.05, 0) is 55.8 Å². The quantitative estimate of drug-likeness (QED) is 0.392. The first-order valence-electron chi connectivity index (χ1n) is 8.74. The van der Waals surface area contributed by atoms with Crippen molar-refractivity contribution in [2.45, 2.75) is 20.5 Å². The molecule has 2 aromatic carbocycles. The monoisotopic (exact) mass is 425 g/mol. The van der Waals surface area contributed by atoms with E-state index in [2.05, 4.69) is 5.10 Å². The lowest BCUT2D eigenvalue weighted by molar-refractivity contribution is 0.0943. The minimum Gasteiger partial charge on any atom is -0.489 e. The van der Waals surface area contributed by atoms with E-state index in [1.165, 1.54) is 10.8 Å². The Balaban J connectivity index is 1.79. The average molecular weight is 426 g/mol. The number of aromatic nitrogens is 2. The lowest BCUT2D eigenvalue weighted by Crippen LogP contribution is -2.15. The molecule has 0 saturated carbocycles. The van der Waals surface area contributed by atoms with Gasteiger partial charge in [0.2, 0.25) is 0 Å². The van der Waals surface area contributed by atoms with E-state index < -0.39 is 5.91 Å². The number of carbonyl (C=O) groups excluding carboxylic acids is 1. The van der Waals surface area contributed by atoms with Crippen LogP contribution in [0.4, 0.5) is 0 Å². The zero-order valence-electron chi connectivity index (χ0n) is 15.8. The molecule has 0 aliphatic rings. The van der Waals surface area contributed by atoms with Gasteiger partial charge in [-0.15, -0.1) is 0 Å². The topological polar surface area (TPSA) is 67.9 Å². The molecule has 0 N–H and O–H groups in total.